The Morgan fingerprint density at radius 3 is 2.91 bits per heavy atom. The molecule has 0 unspecified atom stereocenters. The van der Waals surface area contributed by atoms with Crippen LogP contribution in [-0.4, -0.2) is 12.0 Å². The highest BCUT2D eigenvalue weighted by molar-refractivity contribution is 6.29. The van der Waals surface area contributed by atoms with Crippen molar-refractivity contribution >= 4 is 11.6 Å². The lowest BCUT2D eigenvalue weighted by Crippen LogP contribution is -2.12. The van der Waals surface area contributed by atoms with Crippen molar-refractivity contribution in [3.8, 4) is 0 Å². The first-order valence-electron chi connectivity index (χ1n) is 3.52. The molecule has 0 aliphatic heterocycles. The largest absolute Gasteiger partial charge is 0.313 e. The Hall–Kier alpha value is -0.600. The molecule has 0 amide bonds. The van der Waals surface area contributed by atoms with E-state index >= 15 is 0 Å². The summed E-state index contributed by atoms with van der Waals surface area (Å²) in [6.45, 7) is 2.08. The van der Waals surface area contributed by atoms with Gasteiger partial charge < -0.3 is 5.32 Å². The third kappa shape index (κ3) is 2.17. The third-order valence-corrected chi connectivity index (χ3v) is 1.89. The van der Waals surface area contributed by atoms with Gasteiger partial charge in [-0.3, -0.25) is 0 Å². The summed E-state index contributed by atoms with van der Waals surface area (Å²) in [6, 6.07) is 4.14. The first-order valence-corrected chi connectivity index (χ1v) is 3.90. The zero-order chi connectivity index (χ0) is 8.27. The number of rotatable bonds is 2. The highest BCUT2D eigenvalue weighted by Crippen LogP contribution is 2.13. The predicted octanol–water partition coefficient (Wildman–Crippen LogP) is 2.02. The molecule has 0 aliphatic rings. The molecule has 11 heavy (non-hydrogen) atoms. The van der Waals surface area contributed by atoms with Gasteiger partial charge in [-0.05, 0) is 31.7 Å². The van der Waals surface area contributed by atoms with Gasteiger partial charge in [-0.15, -0.1) is 0 Å². The van der Waals surface area contributed by atoms with Gasteiger partial charge >= 0.3 is 0 Å². The summed E-state index contributed by atoms with van der Waals surface area (Å²) in [5.41, 5.74) is 1.16. The van der Waals surface area contributed by atoms with Crippen molar-refractivity contribution in [2.75, 3.05) is 7.05 Å². The lowest BCUT2D eigenvalue weighted by Gasteiger charge is -2.09. The van der Waals surface area contributed by atoms with E-state index in [1.54, 1.807) is 6.20 Å². The van der Waals surface area contributed by atoms with Gasteiger partial charge in [0, 0.05) is 12.2 Å². The Balaban J connectivity index is 2.86. The molecular formula is C8H11ClN2. The Bertz CT molecular complexity index is 237. The standard InChI is InChI=1S/C8H11ClN2/c1-6(10-2)7-3-4-11-8(9)5-7/h3-6,10H,1-2H3/t6-/m1/s1. The SMILES string of the molecule is CN[C@H](C)c1ccnc(Cl)c1. The van der Waals surface area contributed by atoms with Crippen LogP contribution in [0.1, 0.15) is 18.5 Å². The van der Waals surface area contributed by atoms with Crippen molar-refractivity contribution in [2.24, 2.45) is 0 Å². The summed E-state index contributed by atoms with van der Waals surface area (Å²) in [6.07, 6.45) is 1.71. The van der Waals surface area contributed by atoms with Crippen molar-refractivity contribution in [1.29, 1.82) is 0 Å². The van der Waals surface area contributed by atoms with Crippen LogP contribution in [0, 0.1) is 0 Å². The van der Waals surface area contributed by atoms with Crippen LogP contribution in [0.2, 0.25) is 5.15 Å². The molecule has 1 N–H and O–H groups in total. The summed E-state index contributed by atoms with van der Waals surface area (Å²) >= 11 is 5.71. The topological polar surface area (TPSA) is 24.9 Å². The number of hydrogen-bond acceptors (Lipinski definition) is 2. The summed E-state index contributed by atoms with van der Waals surface area (Å²) in [5, 5.41) is 3.67. The first kappa shape index (κ1) is 8.50. The summed E-state index contributed by atoms with van der Waals surface area (Å²) < 4.78 is 0. The summed E-state index contributed by atoms with van der Waals surface area (Å²) in [4.78, 5) is 3.89. The van der Waals surface area contributed by atoms with Gasteiger partial charge in [0.05, 0.1) is 0 Å². The van der Waals surface area contributed by atoms with Crippen LogP contribution in [-0.2, 0) is 0 Å². The van der Waals surface area contributed by atoms with Crippen molar-refractivity contribution in [1.82, 2.24) is 10.3 Å². The first-order chi connectivity index (χ1) is 5.24. The number of hydrogen-bond donors (Lipinski definition) is 1. The molecule has 2 nitrogen and oxygen atoms in total. The Morgan fingerprint density at radius 1 is 1.64 bits per heavy atom. The minimum Gasteiger partial charge on any atom is -0.313 e. The maximum absolute atomic E-state index is 5.71. The average molecular weight is 171 g/mol. The van der Waals surface area contributed by atoms with Gasteiger partial charge in [0.25, 0.3) is 0 Å². The van der Waals surface area contributed by atoms with Crippen molar-refractivity contribution in [2.45, 2.75) is 13.0 Å². The normalized spacial score (nSPS) is 13.0. The minimum atomic E-state index is 0.329. The fraction of sp³-hybridized carbons (Fsp3) is 0.375. The van der Waals surface area contributed by atoms with Crippen molar-refractivity contribution in [3.63, 3.8) is 0 Å². The fourth-order valence-electron chi connectivity index (χ4n) is 0.853. The van der Waals surface area contributed by atoms with Crippen LogP contribution in [0.4, 0.5) is 0 Å². The highest BCUT2D eigenvalue weighted by Gasteiger charge is 2.01. The summed E-state index contributed by atoms with van der Waals surface area (Å²) in [5.74, 6) is 0. The number of pyridine rings is 1. The van der Waals surface area contributed by atoms with E-state index in [1.807, 2.05) is 19.2 Å². The van der Waals surface area contributed by atoms with Crippen LogP contribution in [0.15, 0.2) is 18.3 Å². The predicted molar refractivity (Wildman–Crippen MR) is 46.7 cm³/mol. The number of nitrogens with one attached hydrogen (secondary N) is 1. The van der Waals surface area contributed by atoms with E-state index in [-0.39, 0.29) is 0 Å². The molecule has 0 spiro atoms. The molecule has 1 aromatic heterocycles. The lowest BCUT2D eigenvalue weighted by molar-refractivity contribution is 0.651. The van der Waals surface area contributed by atoms with Crippen LogP contribution in [0.5, 0.6) is 0 Å². The third-order valence-electron chi connectivity index (χ3n) is 1.68. The quantitative estimate of drug-likeness (QED) is 0.687. The summed E-state index contributed by atoms with van der Waals surface area (Å²) in [7, 11) is 1.92. The molecule has 3 heteroatoms. The second kappa shape index (κ2) is 3.69. The molecule has 0 saturated carbocycles. The van der Waals surface area contributed by atoms with Crippen molar-refractivity contribution < 1.29 is 0 Å². The molecule has 0 bridgehead atoms. The fourth-order valence-corrected chi connectivity index (χ4v) is 1.04. The Kier molecular flexibility index (Phi) is 2.85. The van der Waals surface area contributed by atoms with Gasteiger partial charge in [0.2, 0.25) is 0 Å². The van der Waals surface area contributed by atoms with E-state index in [1.165, 1.54) is 0 Å². The zero-order valence-corrected chi connectivity index (χ0v) is 7.39. The van der Waals surface area contributed by atoms with E-state index in [9.17, 15) is 0 Å². The smallest absolute Gasteiger partial charge is 0.129 e. The van der Waals surface area contributed by atoms with Gasteiger partial charge in [0.15, 0.2) is 0 Å². The van der Waals surface area contributed by atoms with E-state index < -0.39 is 0 Å². The molecule has 0 aliphatic carbocycles. The number of aromatic nitrogens is 1. The molecule has 1 rings (SSSR count). The molecule has 1 aromatic rings. The van der Waals surface area contributed by atoms with E-state index in [4.69, 9.17) is 11.6 Å². The van der Waals surface area contributed by atoms with Gasteiger partial charge in [-0.25, -0.2) is 4.98 Å². The maximum Gasteiger partial charge on any atom is 0.129 e. The van der Waals surface area contributed by atoms with Gasteiger partial charge in [-0.2, -0.15) is 0 Å². The highest BCUT2D eigenvalue weighted by atomic mass is 35.5. The molecule has 0 saturated heterocycles. The van der Waals surface area contributed by atoms with E-state index in [0.29, 0.717) is 11.2 Å². The van der Waals surface area contributed by atoms with E-state index in [0.717, 1.165) is 5.56 Å². The van der Waals surface area contributed by atoms with Gasteiger partial charge in [0.1, 0.15) is 5.15 Å². The van der Waals surface area contributed by atoms with Crippen LogP contribution >= 0.6 is 11.6 Å². The van der Waals surface area contributed by atoms with Crippen molar-refractivity contribution in [3.05, 3.63) is 29.0 Å². The molecule has 0 radical (unpaired) electrons. The molecular weight excluding hydrogens is 160 g/mol. The molecule has 1 atom stereocenters. The monoisotopic (exact) mass is 170 g/mol. The Labute approximate surface area is 71.6 Å². The van der Waals surface area contributed by atoms with Crippen LogP contribution in [0.3, 0.4) is 0 Å². The van der Waals surface area contributed by atoms with Gasteiger partial charge in [-0.1, -0.05) is 11.6 Å². The molecule has 1 heterocycles. The number of halogens is 1. The number of nitrogens with zero attached hydrogens (tertiary/aromatic N) is 1. The molecule has 0 aromatic carbocycles. The zero-order valence-electron chi connectivity index (χ0n) is 6.63. The lowest BCUT2D eigenvalue weighted by atomic mass is 10.1. The Morgan fingerprint density at radius 2 is 2.36 bits per heavy atom. The molecule has 60 valence electrons. The van der Waals surface area contributed by atoms with E-state index in [2.05, 4.69) is 17.2 Å². The van der Waals surface area contributed by atoms with Crippen LogP contribution < -0.4 is 5.32 Å². The molecule has 0 fully saturated rings. The second-order valence-electron chi connectivity index (χ2n) is 2.42. The maximum atomic E-state index is 5.71. The second-order valence-corrected chi connectivity index (χ2v) is 2.81. The van der Waals surface area contributed by atoms with Crippen LogP contribution in [0.25, 0.3) is 0 Å². The minimum absolute atomic E-state index is 0.329. The average Bonchev–Trinajstić information content (AvgIpc) is 2.03.